The molecule has 0 spiro atoms. The number of aliphatic hydroxyl groups excluding tert-OH is 1. The van der Waals surface area contributed by atoms with Crippen LogP contribution in [0.3, 0.4) is 0 Å². The summed E-state index contributed by atoms with van der Waals surface area (Å²) in [4.78, 5) is 14.4. The predicted molar refractivity (Wildman–Crippen MR) is 92.9 cm³/mol. The predicted octanol–water partition coefficient (Wildman–Crippen LogP) is 4.07. The number of carbonyl (C=O) groups is 1. The van der Waals surface area contributed by atoms with Crippen LogP contribution < -0.4 is 4.90 Å². The van der Waals surface area contributed by atoms with Crippen LogP contribution in [0.2, 0.25) is 0 Å². The van der Waals surface area contributed by atoms with Crippen molar-refractivity contribution < 1.29 is 14.6 Å². The molecule has 0 bridgehead atoms. The molecule has 4 nitrogen and oxygen atoms in total. The molecule has 0 radical (unpaired) electrons. The van der Waals surface area contributed by atoms with Crippen molar-refractivity contribution in [2.45, 2.75) is 59.0 Å². The van der Waals surface area contributed by atoms with Crippen LogP contribution in [0.5, 0.6) is 0 Å². The number of fused-ring (bicyclic) bond motifs is 1. The van der Waals surface area contributed by atoms with Gasteiger partial charge in [0.05, 0.1) is 5.69 Å². The van der Waals surface area contributed by atoms with Gasteiger partial charge in [0.25, 0.3) is 0 Å². The van der Waals surface area contributed by atoms with Gasteiger partial charge in [-0.15, -0.1) is 0 Å². The van der Waals surface area contributed by atoms with Crippen LogP contribution >= 0.6 is 0 Å². The Kier molecular flexibility index (Phi) is 5.69. The van der Waals surface area contributed by atoms with E-state index >= 15 is 0 Å². The summed E-state index contributed by atoms with van der Waals surface area (Å²) in [5, 5.41) is 8.97. The lowest BCUT2D eigenvalue weighted by Gasteiger charge is -2.36. The molecule has 1 aliphatic heterocycles. The van der Waals surface area contributed by atoms with Gasteiger partial charge in [0, 0.05) is 13.2 Å². The highest BCUT2D eigenvalue weighted by atomic mass is 16.6. The van der Waals surface area contributed by atoms with E-state index in [9.17, 15) is 4.79 Å². The van der Waals surface area contributed by atoms with Gasteiger partial charge in [0.1, 0.15) is 5.60 Å². The summed E-state index contributed by atoms with van der Waals surface area (Å²) in [7, 11) is 0. The number of hydrogen-bond donors (Lipinski definition) is 1. The Bertz CT molecular complexity index is 548. The van der Waals surface area contributed by atoms with Gasteiger partial charge in [-0.2, -0.15) is 0 Å². The quantitative estimate of drug-likeness (QED) is 0.851. The van der Waals surface area contributed by atoms with E-state index in [1.807, 2.05) is 27.7 Å². The Labute approximate surface area is 139 Å². The first kappa shape index (κ1) is 17.8. The molecule has 1 N–H and O–H groups in total. The number of ether oxygens (including phenoxy) is 1. The van der Waals surface area contributed by atoms with E-state index in [0.717, 1.165) is 36.9 Å². The van der Waals surface area contributed by atoms with Crippen molar-refractivity contribution in [1.29, 1.82) is 0 Å². The SMILES string of the molecule is Cc1ccc2c(c1)N(C(=O)OC(C)(C)C)C[C@H](CCCCO)C2. The Balaban J connectivity index is 2.20. The van der Waals surface area contributed by atoms with Gasteiger partial charge in [-0.1, -0.05) is 18.6 Å². The average molecular weight is 319 g/mol. The van der Waals surface area contributed by atoms with Crippen molar-refractivity contribution in [3.63, 3.8) is 0 Å². The van der Waals surface area contributed by atoms with Gasteiger partial charge in [0.2, 0.25) is 0 Å². The van der Waals surface area contributed by atoms with Crippen LogP contribution in [0.4, 0.5) is 10.5 Å². The zero-order valence-electron chi connectivity index (χ0n) is 14.8. The lowest BCUT2D eigenvalue weighted by atomic mass is 9.88. The summed E-state index contributed by atoms with van der Waals surface area (Å²) in [6.45, 7) is 8.65. The number of anilines is 1. The van der Waals surface area contributed by atoms with Crippen LogP contribution in [0.15, 0.2) is 18.2 Å². The molecule has 1 amide bonds. The maximum Gasteiger partial charge on any atom is 0.414 e. The minimum atomic E-state index is -0.495. The van der Waals surface area contributed by atoms with E-state index in [4.69, 9.17) is 9.84 Å². The number of benzene rings is 1. The van der Waals surface area contributed by atoms with Crippen molar-refractivity contribution in [3.05, 3.63) is 29.3 Å². The second kappa shape index (κ2) is 7.35. The van der Waals surface area contributed by atoms with E-state index in [2.05, 4.69) is 18.2 Å². The Hall–Kier alpha value is -1.55. The Morgan fingerprint density at radius 1 is 1.35 bits per heavy atom. The van der Waals surface area contributed by atoms with Crippen molar-refractivity contribution >= 4 is 11.8 Å². The van der Waals surface area contributed by atoms with Crippen LogP contribution in [-0.4, -0.2) is 30.0 Å². The van der Waals surface area contributed by atoms with E-state index in [1.54, 1.807) is 4.90 Å². The molecule has 4 heteroatoms. The van der Waals surface area contributed by atoms with Crippen molar-refractivity contribution in [1.82, 2.24) is 0 Å². The molecule has 128 valence electrons. The molecular formula is C19H29NO3. The molecule has 0 aliphatic carbocycles. The summed E-state index contributed by atoms with van der Waals surface area (Å²) >= 11 is 0. The molecule has 1 aromatic carbocycles. The highest BCUT2D eigenvalue weighted by Crippen LogP contribution is 2.33. The van der Waals surface area contributed by atoms with Gasteiger partial charge < -0.3 is 9.84 Å². The maximum absolute atomic E-state index is 12.6. The molecule has 2 rings (SSSR count). The second-order valence-electron chi connectivity index (χ2n) is 7.51. The fourth-order valence-electron chi connectivity index (χ4n) is 3.06. The highest BCUT2D eigenvalue weighted by Gasteiger charge is 2.31. The Morgan fingerprint density at radius 2 is 2.09 bits per heavy atom. The molecule has 1 heterocycles. The average Bonchev–Trinajstić information content (AvgIpc) is 2.45. The molecule has 0 saturated heterocycles. The van der Waals surface area contributed by atoms with Crippen molar-refractivity contribution in [2.24, 2.45) is 5.92 Å². The largest absolute Gasteiger partial charge is 0.443 e. The number of carbonyl (C=O) groups excluding carboxylic acids is 1. The lowest BCUT2D eigenvalue weighted by Crippen LogP contribution is -2.43. The molecule has 0 unspecified atom stereocenters. The van der Waals surface area contributed by atoms with Crippen molar-refractivity contribution in [3.8, 4) is 0 Å². The topological polar surface area (TPSA) is 49.8 Å². The molecule has 23 heavy (non-hydrogen) atoms. The first-order valence-electron chi connectivity index (χ1n) is 8.51. The zero-order chi connectivity index (χ0) is 17.0. The number of amides is 1. The van der Waals surface area contributed by atoms with Gasteiger partial charge in [0.15, 0.2) is 0 Å². The number of aryl methyl sites for hydroxylation is 1. The third kappa shape index (κ3) is 4.96. The van der Waals surface area contributed by atoms with Gasteiger partial charge in [-0.25, -0.2) is 4.79 Å². The van der Waals surface area contributed by atoms with E-state index < -0.39 is 5.60 Å². The van der Waals surface area contributed by atoms with Gasteiger partial charge in [-0.3, -0.25) is 4.90 Å². The lowest BCUT2D eigenvalue weighted by molar-refractivity contribution is 0.0570. The normalized spacial score (nSPS) is 17.8. The molecular weight excluding hydrogens is 290 g/mol. The number of rotatable bonds is 4. The summed E-state index contributed by atoms with van der Waals surface area (Å²) in [6, 6.07) is 6.30. The first-order valence-corrected chi connectivity index (χ1v) is 8.51. The summed E-state index contributed by atoms with van der Waals surface area (Å²) in [5.74, 6) is 0.421. The number of hydrogen-bond acceptors (Lipinski definition) is 3. The third-order valence-electron chi connectivity index (χ3n) is 4.12. The number of nitrogens with zero attached hydrogens (tertiary/aromatic N) is 1. The molecule has 0 fully saturated rings. The minimum Gasteiger partial charge on any atom is -0.443 e. The summed E-state index contributed by atoms with van der Waals surface area (Å²) in [6.07, 6.45) is 3.55. The van der Waals surface area contributed by atoms with Gasteiger partial charge >= 0.3 is 6.09 Å². The number of aliphatic hydroxyl groups is 1. The standard InChI is InChI=1S/C19H29NO3/c1-14-8-9-16-12-15(7-5-6-10-21)13-20(17(16)11-14)18(22)23-19(2,3)4/h8-9,11,15,21H,5-7,10,12-13H2,1-4H3/t15-/m1/s1. The van der Waals surface area contributed by atoms with E-state index in [0.29, 0.717) is 12.5 Å². The Morgan fingerprint density at radius 3 is 2.74 bits per heavy atom. The van der Waals surface area contributed by atoms with E-state index in [-0.39, 0.29) is 12.7 Å². The van der Waals surface area contributed by atoms with Gasteiger partial charge in [-0.05, 0) is 70.1 Å². The molecule has 1 atom stereocenters. The fraction of sp³-hybridized carbons (Fsp3) is 0.632. The molecule has 1 aromatic rings. The molecule has 1 aliphatic rings. The monoisotopic (exact) mass is 319 g/mol. The summed E-state index contributed by atoms with van der Waals surface area (Å²) in [5.41, 5.74) is 2.85. The molecule has 0 aromatic heterocycles. The smallest absolute Gasteiger partial charge is 0.414 e. The zero-order valence-corrected chi connectivity index (χ0v) is 14.8. The van der Waals surface area contributed by atoms with Crippen LogP contribution in [0, 0.1) is 12.8 Å². The summed E-state index contributed by atoms with van der Waals surface area (Å²) < 4.78 is 5.59. The second-order valence-corrected chi connectivity index (χ2v) is 7.51. The van der Waals surface area contributed by atoms with Crippen molar-refractivity contribution in [2.75, 3.05) is 18.1 Å². The van der Waals surface area contributed by atoms with Crippen LogP contribution in [0.1, 0.15) is 51.2 Å². The number of unbranched alkanes of at least 4 members (excludes halogenated alkanes) is 1. The fourth-order valence-corrected chi connectivity index (χ4v) is 3.06. The third-order valence-corrected chi connectivity index (χ3v) is 4.12. The minimum absolute atomic E-state index is 0.234. The first-order chi connectivity index (χ1) is 10.8. The van der Waals surface area contributed by atoms with Crippen LogP contribution in [0.25, 0.3) is 0 Å². The highest BCUT2D eigenvalue weighted by molar-refractivity contribution is 5.89. The maximum atomic E-state index is 12.6. The molecule has 0 saturated carbocycles. The van der Waals surface area contributed by atoms with Crippen LogP contribution in [-0.2, 0) is 11.2 Å². The van der Waals surface area contributed by atoms with E-state index in [1.165, 1.54) is 5.56 Å².